The maximum Gasteiger partial charge on any atom is 0.139 e. The van der Waals surface area contributed by atoms with Gasteiger partial charge in [-0.25, -0.2) is 9.37 Å². The molecule has 1 aromatic carbocycles. The number of benzene rings is 1. The predicted octanol–water partition coefficient (Wildman–Crippen LogP) is 3.87. The van der Waals surface area contributed by atoms with Crippen molar-refractivity contribution in [3.8, 4) is 11.5 Å². The molecule has 3 aromatic rings. The Balaban J connectivity index is 1.74. The van der Waals surface area contributed by atoms with Crippen LogP contribution in [0.15, 0.2) is 36.5 Å². The van der Waals surface area contributed by atoms with Gasteiger partial charge in [0.2, 0.25) is 0 Å². The summed E-state index contributed by atoms with van der Waals surface area (Å²) in [5, 5.41) is 0. The van der Waals surface area contributed by atoms with Gasteiger partial charge in [-0.15, -0.1) is 5.54 Å². The molecule has 4 rings (SSSR count). The number of hydrogen-bond acceptors (Lipinski definition) is 2. The predicted molar refractivity (Wildman–Crippen MR) is 100 cm³/mol. The van der Waals surface area contributed by atoms with Crippen LogP contribution in [0, 0.1) is 11.5 Å². The zero-order chi connectivity index (χ0) is 16.9. The second-order valence-corrected chi connectivity index (χ2v) is 12.2. The van der Waals surface area contributed by atoms with Crippen molar-refractivity contribution in [3.05, 3.63) is 42.1 Å². The molecular formula is C19H20FN3Si. The Hall–Kier alpha value is -2.32. The van der Waals surface area contributed by atoms with Gasteiger partial charge in [0.05, 0.1) is 24.1 Å². The lowest BCUT2D eigenvalue weighted by Gasteiger charge is -2.36. The van der Waals surface area contributed by atoms with Crippen LogP contribution in [0.3, 0.4) is 0 Å². The van der Waals surface area contributed by atoms with Gasteiger partial charge < -0.3 is 4.90 Å². The molecule has 0 spiro atoms. The molecule has 122 valence electrons. The molecule has 3 heterocycles. The van der Waals surface area contributed by atoms with E-state index in [0.29, 0.717) is 13.1 Å². The van der Waals surface area contributed by atoms with E-state index >= 15 is 0 Å². The Morgan fingerprint density at radius 1 is 1.17 bits per heavy atom. The maximum absolute atomic E-state index is 13.1. The van der Waals surface area contributed by atoms with Gasteiger partial charge in [-0.3, -0.25) is 4.40 Å². The number of pyridine rings is 1. The van der Waals surface area contributed by atoms with Gasteiger partial charge in [0.1, 0.15) is 19.9 Å². The Labute approximate surface area is 142 Å². The third kappa shape index (κ3) is 2.78. The van der Waals surface area contributed by atoms with E-state index in [1.165, 1.54) is 0 Å². The number of fused-ring (bicyclic) bond motifs is 3. The van der Waals surface area contributed by atoms with Crippen LogP contribution in [0.2, 0.25) is 19.6 Å². The van der Waals surface area contributed by atoms with E-state index in [1.54, 1.807) is 0 Å². The minimum Gasteiger partial charge on any atom is -0.365 e. The van der Waals surface area contributed by atoms with E-state index in [1.807, 2.05) is 23.2 Å². The first-order chi connectivity index (χ1) is 11.4. The van der Waals surface area contributed by atoms with Crippen LogP contribution in [-0.2, 0) is 0 Å². The lowest BCUT2D eigenvalue weighted by molar-refractivity contribution is 0.275. The van der Waals surface area contributed by atoms with E-state index in [0.717, 1.165) is 27.9 Å². The summed E-state index contributed by atoms with van der Waals surface area (Å²) in [6.45, 7) is 7.67. The third-order valence-electron chi connectivity index (χ3n) is 4.17. The highest BCUT2D eigenvalue weighted by Crippen LogP contribution is 2.26. The highest BCUT2D eigenvalue weighted by molar-refractivity contribution is 6.83. The summed E-state index contributed by atoms with van der Waals surface area (Å²) in [6, 6.07) is 10.2. The van der Waals surface area contributed by atoms with Crippen molar-refractivity contribution in [3.63, 3.8) is 0 Å². The summed E-state index contributed by atoms with van der Waals surface area (Å²) >= 11 is 0. The number of rotatable bonds is 1. The Bertz CT molecular complexity index is 985. The van der Waals surface area contributed by atoms with Gasteiger partial charge in [-0.2, -0.15) is 0 Å². The molecule has 1 aliphatic heterocycles. The molecule has 5 heteroatoms. The molecule has 2 aromatic heterocycles. The van der Waals surface area contributed by atoms with Crippen molar-refractivity contribution >= 4 is 30.4 Å². The molecule has 1 fully saturated rings. The monoisotopic (exact) mass is 337 g/mol. The van der Waals surface area contributed by atoms with Crippen LogP contribution >= 0.6 is 0 Å². The Morgan fingerprint density at radius 2 is 1.96 bits per heavy atom. The number of aromatic nitrogens is 2. The van der Waals surface area contributed by atoms with E-state index < -0.39 is 14.2 Å². The number of halogens is 1. The fourth-order valence-corrected chi connectivity index (χ4v) is 3.40. The third-order valence-corrected chi connectivity index (χ3v) is 5.05. The standard InChI is InChI=1S/C19H20FN3Si/c1-24(2,3)9-7-14-4-5-18-17(10-14)21-19-11-16(6-8-23(18)19)22-12-15(20)13-22/h4-6,8,10-11,15H,12-13H2,1-3H3. The summed E-state index contributed by atoms with van der Waals surface area (Å²) in [5.41, 5.74) is 8.34. The zero-order valence-corrected chi connectivity index (χ0v) is 15.2. The molecule has 1 saturated heterocycles. The minimum atomic E-state index is -1.39. The number of imidazole rings is 1. The van der Waals surface area contributed by atoms with Crippen molar-refractivity contribution in [1.82, 2.24) is 9.38 Å². The van der Waals surface area contributed by atoms with Crippen LogP contribution in [-0.4, -0.2) is 36.7 Å². The van der Waals surface area contributed by atoms with Crippen molar-refractivity contribution in [2.75, 3.05) is 18.0 Å². The fraction of sp³-hybridized carbons (Fsp3) is 0.316. The van der Waals surface area contributed by atoms with Crippen LogP contribution in [0.4, 0.5) is 10.1 Å². The van der Waals surface area contributed by atoms with Gasteiger partial charge >= 0.3 is 0 Å². The Morgan fingerprint density at radius 3 is 2.67 bits per heavy atom. The van der Waals surface area contributed by atoms with Crippen molar-refractivity contribution in [1.29, 1.82) is 0 Å². The highest BCUT2D eigenvalue weighted by Gasteiger charge is 2.26. The summed E-state index contributed by atoms with van der Waals surface area (Å²) in [7, 11) is -1.39. The lowest BCUT2D eigenvalue weighted by Crippen LogP contribution is -2.48. The molecule has 0 amide bonds. The van der Waals surface area contributed by atoms with Gasteiger partial charge in [0.15, 0.2) is 0 Å². The van der Waals surface area contributed by atoms with E-state index in [2.05, 4.69) is 53.7 Å². The number of anilines is 1. The first-order valence-electron chi connectivity index (χ1n) is 8.23. The van der Waals surface area contributed by atoms with E-state index in [9.17, 15) is 4.39 Å². The number of alkyl halides is 1. The average molecular weight is 337 g/mol. The lowest BCUT2D eigenvalue weighted by atomic mass is 10.1. The van der Waals surface area contributed by atoms with Gasteiger partial charge in [-0.05, 0) is 24.3 Å². The minimum absolute atomic E-state index is 0.479. The summed E-state index contributed by atoms with van der Waals surface area (Å²) < 4.78 is 15.1. The summed E-state index contributed by atoms with van der Waals surface area (Å²) in [4.78, 5) is 6.76. The molecule has 1 aliphatic rings. The summed E-state index contributed by atoms with van der Waals surface area (Å²) in [6.07, 6.45) is 1.31. The average Bonchev–Trinajstić information content (AvgIpc) is 2.85. The zero-order valence-electron chi connectivity index (χ0n) is 14.2. The second-order valence-electron chi connectivity index (χ2n) is 7.43. The van der Waals surface area contributed by atoms with Crippen LogP contribution < -0.4 is 4.90 Å². The quantitative estimate of drug-likeness (QED) is 0.496. The molecule has 0 saturated carbocycles. The van der Waals surface area contributed by atoms with Crippen LogP contribution in [0.25, 0.3) is 16.7 Å². The fourth-order valence-electron chi connectivity index (χ4n) is 2.88. The number of hydrogen-bond donors (Lipinski definition) is 0. The first kappa shape index (κ1) is 15.2. The Kier molecular flexibility index (Phi) is 3.39. The molecule has 24 heavy (non-hydrogen) atoms. The normalized spacial score (nSPS) is 15.4. The van der Waals surface area contributed by atoms with Crippen molar-refractivity contribution in [2.45, 2.75) is 25.8 Å². The van der Waals surface area contributed by atoms with Crippen LogP contribution in [0.1, 0.15) is 5.56 Å². The maximum atomic E-state index is 13.1. The smallest absolute Gasteiger partial charge is 0.139 e. The van der Waals surface area contributed by atoms with Gasteiger partial charge in [0.25, 0.3) is 0 Å². The molecule has 0 N–H and O–H groups in total. The molecule has 0 aliphatic carbocycles. The van der Waals surface area contributed by atoms with Crippen molar-refractivity contribution < 1.29 is 4.39 Å². The number of nitrogens with zero attached hydrogens (tertiary/aromatic N) is 3. The molecule has 0 atom stereocenters. The van der Waals surface area contributed by atoms with Gasteiger partial charge in [0, 0.05) is 23.5 Å². The second kappa shape index (κ2) is 5.35. The first-order valence-corrected chi connectivity index (χ1v) is 11.7. The summed E-state index contributed by atoms with van der Waals surface area (Å²) in [5.74, 6) is 3.29. The topological polar surface area (TPSA) is 20.5 Å². The molecular weight excluding hydrogens is 317 g/mol. The highest BCUT2D eigenvalue weighted by atomic mass is 28.3. The van der Waals surface area contributed by atoms with Crippen LogP contribution in [0.5, 0.6) is 0 Å². The van der Waals surface area contributed by atoms with E-state index in [-0.39, 0.29) is 0 Å². The molecule has 3 nitrogen and oxygen atoms in total. The SMILES string of the molecule is C[Si](C)(C)C#Cc1ccc2c(c1)nc1cc(N3CC(F)C3)ccn12. The molecule has 0 unspecified atom stereocenters. The largest absolute Gasteiger partial charge is 0.365 e. The van der Waals surface area contributed by atoms with Gasteiger partial charge in [-0.1, -0.05) is 25.6 Å². The molecule has 0 bridgehead atoms. The van der Waals surface area contributed by atoms with E-state index in [4.69, 9.17) is 4.98 Å². The van der Waals surface area contributed by atoms with Crippen molar-refractivity contribution in [2.24, 2.45) is 0 Å². The molecule has 0 radical (unpaired) electrons.